The molecule has 2 aromatic rings. The van der Waals surface area contributed by atoms with Gasteiger partial charge in [0.1, 0.15) is 11.4 Å². The maximum atomic E-state index is 13.4. The van der Waals surface area contributed by atoms with Gasteiger partial charge in [-0.15, -0.1) is 5.10 Å². The van der Waals surface area contributed by atoms with Gasteiger partial charge in [0.15, 0.2) is 0 Å². The van der Waals surface area contributed by atoms with Crippen molar-refractivity contribution in [1.82, 2.24) is 25.2 Å². The van der Waals surface area contributed by atoms with Gasteiger partial charge in [0.25, 0.3) is 5.92 Å². The Kier molecular flexibility index (Phi) is 6.50. The van der Waals surface area contributed by atoms with E-state index in [1.165, 1.54) is 4.90 Å². The second-order valence-corrected chi connectivity index (χ2v) is 8.38. The van der Waals surface area contributed by atoms with E-state index in [1.54, 1.807) is 4.68 Å². The van der Waals surface area contributed by atoms with Gasteiger partial charge in [0.2, 0.25) is 5.91 Å². The van der Waals surface area contributed by atoms with E-state index in [0.29, 0.717) is 19.6 Å². The van der Waals surface area contributed by atoms with Gasteiger partial charge in [-0.2, -0.15) is 0 Å². The highest BCUT2D eigenvalue weighted by molar-refractivity contribution is 5.82. The number of rotatable bonds is 8. The second kappa shape index (κ2) is 9.30. The molecule has 4 rings (SSSR count). The van der Waals surface area contributed by atoms with E-state index in [-0.39, 0.29) is 24.9 Å². The van der Waals surface area contributed by atoms with Crippen molar-refractivity contribution >= 4 is 5.91 Å². The van der Waals surface area contributed by atoms with Crippen LogP contribution in [0, 0.1) is 0 Å². The number of likely N-dealkylation sites (tertiary alicyclic amines) is 1. The molecular weight excluding hydrogens is 404 g/mol. The molecule has 0 aliphatic carbocycles. The van der Waals surface area contributed by atoms with Gasteiger partial charge in [-0.3, -0.25) is 4.79 Å². The molecule has 2 aliphatic rings. The molecule has 2 saturated heterocycles. The summed E-state index contributed by atoms with van der Waals surface area (Å²) in [5.74, 6) is -2.19. The van der Waals surface area contributed by atoms with Gasteiger partial charge < -0.3 is 15.0 Å². The SMILES string of the molecule is CCCCCOc1ccc(-c2cn([C@@H]3CN[C@H](C(=O)N4CCC(F)(F)C4)C3)nn2)cc1. The molecular formula is C22H29F2N5O2. The lowest BCUT2D eigenvalue weighted by atomic mass is 10.1. The van der Waals surface area contributed by atoms with Crippen molar-refractivity contribution in [2.24, 2.45) is 0 Å². The number of unbranched alkanes of at least 4 members (excludes halogenated alkanes) is 2. The number of carbonyl (C=O) groups is 1. The van der Waals surface area contributed by atoms with E-state index in [2.05, 4.69) is 22.6 Å². The third-order valence-electron chi connectivity index (χ3n) is 5.94. The Morgan fingerprint density at radius 2 is 2.10 bits per heavy atom. The first-order valence-electron chi connectivity index (χ1n) is 11.0. The van der Waals surface area contributed by atoms with Gasteiger partial charge in [0, 0.05) is 25.1 Å². The van der Waals surface area contributed by atoms with E-state index in [0.717, 1.165) is 36.3 Å². The van der Waals surface area contributed by atoms with Crippen LogP contribution >= 0.6 is 0 Å². The lowest BCUT2D eigenvalue weighted by molar-refractivity contribution is -0.133. The number of nitrogens with one attached hydrogen (secondary N) is 1. The van der Waals surface area contributed by atoms with Crippen molar-refractivity contribution in [3.8, 4) is 17.0 Å². The summed E-state index contributed by atoms with van der Waals surface area (Å²) in [6.45, 7) is 3.05. The Hall–Kier alpha value is -2.55. The van der Waals surface area contributed by atoms with Crippen molar-refractivity contribution in [2.75, 3.05) is 26.2 Å². The van der Waals surface area contributed by atoms with Crippen LogP contribution in [-0.4, -0.2) is 64.0 Å². The Bertz CT molecular complexity index is 886. The quantitative estimate of drug-likeness (QED) is 0.647. The van der Waals surface area contributed by atoms with E-state index in [1.807, 2.05) is 30.5 Å². The summed E-state index contributed by atoms with van der Waals surface area (Å²) in [4.78, 5) is 13.8. The molecule has 31 heavy (non-hydrogen) atoms. The molecule has 2 atom stereocenters. The molecule has 9 heteroatoms. The number of halogens is 2. The summed E-state index contributed by atoms with van der Waals surface area (Å²) >= 11 is 0. The van der Waals surface area contributed by atoms with Crippen LogP contribution in [0.25, 0.3) is 11.3 Å². The molecule has 0 unspecified atom stereocenters. The normalized spacial score (nSPS) is 22.7. The molecule has 0 spiro atoms. The molecule has 3 heterocycles. The molecule has 1 amide bonds. The maximum Gasteiger partial charge on any atom is 0.267 e. The fourth-order valence-corrected chi connectivity index (χ4v) is 4.10. The number of benzene rings is 1. The third kappa shape index (κ3) is 5.20. The van der Waals surface area contributed by atoms with Gasteiger partial charge in [-0.1, -0.05) is 25.0 Å². The van der Waals surface area contributed by atoms with Crippen LogP contribution in [-0.2, 0) is 4.79 Å². The van der Waals surface area contributed by atoms with E-state index in [9.17, 15) is 13.6 Å². The first-order valence-corrected chi connectivity index (χ1v) is 11.0. The number of ether oxygens (including phenoxy) is 1. The highest BCUT2D eigenvalue weighted by Gasteiger charge is 2.43. The van der Waals surface area contributed by atoms with Gasteiger partial charge in [-0.25, -0.2) is 13.5 Å². The summed E-state index contributed by atoms with van der Waals surface area (Å²) in [5, 5.41) is 11.6. The van der Waals surface area contributed by atoms with Crippen molar-refractivity contribution in [1.29, 1.82) is 0 Å². The Morgan fingerprint density at radius 1 is 1.29 bits per heavy atom. The van der Waals surface area contributed by atoms with Crippen molar-refractivity contribution < 1.29 is 18.3 Å². The minimum Gasteiger partial charge on any atom is -0.494 e. The van der Waals surface area contributed by atoms with Gasteiger partial charge >= 0.3 is 0 Å². The topological polar surface area (TPSA) is 72.3 Å². The predicted octanol–water partition coefficient (Wildman–Crippen LogP) is 3.28. The van der Waals surface area contributed by atoms with Crippen LogP contribution in [0.15, 0.2) is 30.5 Å². The van der Waals surface area contributed by atoms with Crippen LogP contribution in [0.5, 0.6) is 5.75 Å². The Balaban J connectivity index is 1.32. The number of hydrogen-bond donors (Lipinski definition) is 1. The maximum absolute atomic E-state index is 13.4. The summed E-state index contributed by atoms with van der Waals surface area (Å²) < 4.78 is 34.3. The highest BCUT2D eigenvalue weighted by Crippen LogP contribution is 2.29. The number of amides is 1. The fourth-order valence-electron chi connectivity index (χ4n) is 4.10. The minimum absolute atomic E-state index is 0.0421. The van der Waals surface area contributed by atoms with Crippen LogP contribution in [0.4, 0.5) is 8.78 Å². The van der Waals surface area contributed by atoms with Crippen molar-refractivity contribution in [3.05, 3.63) is 30.5 Å². The highest BCUT2D eigenvalue weighted by atomic mass is 19.3. The summed E-state index contributed by atoms with van der Waals surface area (Å²) in [7, 11) is 0. The molecule has 7 nitrogen and oxygen atoms in total. The predicted molar refractivity (Wildman–Crippen MR) is 112 cm³/mol. The minimum atomic E-state index is -2.77. The lowest BCUT2D eigenvalue weighted by Crippen LogP contribution is -2.43. The first-order chi connectivity index (χ1) is 14.9. The van der Waals surface area contributed by atoms with Crippen LogP contribution in [0.1, 0.15) is 45.1 Å². The van der Waals surface area contributed by atoms with Gasteiger partial charge in [0.05, 0.1) is 31.4 Å². The standard InChI is InChI=1S/C22H29F2N5O2/c1-2-3-4-11-31-18-7-5-16(6-8-18)20-14-29(27-26-20)17-12-19(25-13-17)21(30)28-10-9-22(23,24)15-28/h5-8,14,17,19,25H,2-4,9-13,15H2,1H3/t17-,19-/m0/s1. The van der Waals surface area contributed by atoms with Crippen LogP contribution < -0.4 is 10.1 Å². The number of carbonyl (C=O) groups excluding carboxylic acids is 1. The van der Waals surface area contributed by atoms with Crippen LogP contribution in [0.2, 0.25) is 0 Å². The molecule has 2 fully saturated rings. The molecule has 1 N–H and O–H groups in total. The van der Waals surface area contributed by atoms with Gasteiger partial charge in [-0.05, 0) is 37.1 Å². The zero-order chi connectivity index (χ0) is 21.8. The fraction of sp³-hybridized carbons (Fsp3) is 0.591. The zero-order valence-corrected chi connectivity index (χ0v) is 17.8. The summed E-state index contributed by atoms with van der Waals surface area (Å²) in [6.07, 6.45) is 5.48. The molecule has 0 saturated carbocycles. The van der Waals surface area contributed by atoms with Crippen molar-refractivity contribution in [3.63, 3.8) is 0 Å². The Morgan fingerprint density at radius 3 is 2.81 bits per heavy atom. The smallest absolute Gasteiger partial charge is 0.267 e. The molecule has 0 radical (unpaired) electrons. The van der Waals surface area contributed by atoms with Crippen molar-refractivity contribution in [2.45, 2.75) is 57.0 Å². The molecule has 0 bridgehead atoms. The van der Waals surface area contributed by atoms with Crippen LogP contribution in [0.3, 0.4) is 0 Å². The number of aromatic nitrogens is 3. The monoisotopic (exact) mass is 433 g/mol. The average molecular weight is 434 g/mol. The van der Waals surface area contributed by atoms with E-state index in [4.69, 9.17) is 4.74 Å². The molecule has 1 aromatic carbocycles. The first kappa shape index (κ1) is 21.7. The number of nitrogens with zero attached hydrogens (tertiary/aromatic N) is 4. The number of alkyl halides is 2. The average Bonchev–Trinajstić information content (AvgIpc) is 3.50. The van der Waals surface area contributed by atoms with E-state index >= 15 is 0 Å². The zero-order valence-electron chi connectivity index (χ0n) is 17.8. The largest absolute Gasteiger partial charge is 0.494 e. The third-order valence-corrected chi connectivity index (χ3v) is 5.94. The van der Waals surface area contributed by atoms with E-state index < -0.39 is 18.5 Å². The molecule has 1 aromatic heterocycles. The second-order valence-electron chi connectivity index (χ2n) is 8.38. The molecule has 2 aliphatic heterocycles. The Labute approximate surface area is 180 Å². The summed E-state index contributed by atoms with van der Waals surface area (Å²) in [6, 6.07) is 7.26. The number of hydrogen-bond acceptors (Lipinski definition) is 5. The lowest BCUT2D eigenvalue weighted by Gasteiger charge is -2.20. The molecule has 168 valence electrons. The summed E-state index contributed by atoms with van der Waals surface area (Å²) in [5.41, 5.74) is 1.68.